The molecule has 0 saturated carbocycles. The van der Waals surface area contributed by atoms with Gasteiger partial charge in [0.15, 0.2) is 11.6 Å². The van der Waals surface area contributed by atoms with E-state index in [9.17, 15) is 22.4 Å². The molecule has 0 spiro atoms. The van der Waals surface area contributed by atoms with Crippen LogP contribution in [0.4, 0.5) is 17.6 Å². The normalized spacial score (nSPS) is 16.3. The summed E-state index contributed by atoms with van der Waals surface area (Å²) in [6.07, 6.45) is -0.583. The number of benzene rings is 1. The minimum Gasteiger partial charge on any atom is -0.489 e. The van der Waals surface area contributed by atoms with Crippen LogP contribution in [0.2, 0.25) is 0 Å². The maximum Gasteiger partial charge on any atom is 0.472 e. The number of ether oxygens (including phenoxy) is 1. The van der Waals surface area contributed by atoms with Gasteiger partial charge in [-0.3, -0.25) is 14.3 Å². The van der Waals surface area contributed by atoms with Crippen molar-refractivity contribution in [1.82, 2.24) is 9.47 Å². The summed E-state index contributed by atoms with van der Waals surface area (Å²) in [7, 11) is 0. The fourth-order valence-electron chi connectivity index (χ4n) is 3.03. The lowest BCUT2D eigenvalue weighted by molar-refractivity contribution is -0.0942. The Morgan fingerprint density at radius 3 is 2.56 bits per heavy atom. The highest BCUT2D eigenvalue weighted by Crippen LogP contribution is 2.28. The molecule has 1 aromatic carbocycles. The molecule has 4 nitrogen and oxygen atoms in total. The van der Waals surface area contributed by atoms with Crippen molar-refractivity contribution < 1.29 is 27.1 Å². The van der Waals surface area contributed by atoms with Crippen molar-refractivity contribution in [3.63, 3.8) is 0 Å². The fraction of sp³-hybridized carbons (Fsp3) is 0.471. The van der Waals surface area contributed by atoms with E-state index in [1.54, 1.807) is 0 Å². The smallest absolute Gasteiger partial charge is 0.472 e. The summed E-state index contributed by atoms with van der Waals surface area (Å²) in [5.41, 5.74) is -0.0308. The van der Waals surface area contributed by atoms with Crippen molar-refractivity contribution >= 4 is 16.8 Å². The van der Waals surface area contributed by atoms with E-state index < -0.39 is 17.9 Å². The molecule has 136 valence electrons. The average Bonchev–Trinajstić information content (AvgIpc) is 2.97. The Bertz CT molecular complexity index is 764. The van der Waals surface area contributed by atoms with Gasteiger partial charge < -0.3 is 4.74 Å². The molecule has 1 aliphatic rings. The second-order valence-corrected chi connectivity index (χ2v) is 6.08. The Labute approximate surface area is 142 Å². The highest BCUT2D eigenvalue weighted by atomic mass is 19.4. The lowest BCUT2D eigenvalue weighted by Gasteiger charge is -2.26. The van der Waals surface area contributed by atoms with Crippen LogP contribution < -0.4 is 4.74 Å². The summed E-state index contributed by atoms with van der Waals surface area (Å²) in [5, 5.41) is 0.207. The molecule has 1 aliphatic heterocycles. The highest BCUT2D eigenvalue weighted by molar-refractivity contribution is 5.95. The van der Waals surface area contributed by atoms with Gasteiger partial charge in [0.05, 0.1) is 5.52 Å². The maximum atomic E-state index is 14.1. The molecule has 0 unspecified atom stereocenters. The van der Waals surface area contributed by atoms with Crippen LogP contribution in [0.5, 0.6) is 5.75 Å². The Morgan fingerprint density at radius 1 is 1.16 bits per heavy atom. The van der Waals surface area contributed by atoms with Crippen molar-refractivity contribution in [2.24, 2.45) is 0 Å². The molecule has 2 heterocycles. The quantitative estimate of drug-likeness (QED) is 0.779. The number of piperidine rings is 1. The van der Waals surface area contributed by atoms with Gasteiger partial charge in [-0.15, -0.1) is 0 Å². The van der Waals surface area contributed by atoms with E-state index in [2.05, 4.69) is 4.90 Å². The molecule has 0 amide bonds. The van der Waals surface area contributed by atoms with Crippen molar-refractivity contribution in [2.45, 2.75) is 25.4 Å². The molecule has 0 bridgehead atoms. The van der Waals surface area contributed by atoms with E-state index in [1.165, 1.54) is 12.5 Å². The predicted octanol–water partition coefficient (Wildman–Crippen LogP) is 3.85. The van der Waals surface area contributed by atoms with E-state index in [-0.39, 0.29) is 23.3 Å². The molecule has 0 radical (unpaired) electrons. The van der Waals surface area contributed by atoms with Gasteiger partial charge in [0.1, 0.15) is 6.61 Å². The summed E-state index contributed by atoms with van der Waals surface area (Å²) in [6, 6.07) is 3.48. The number of carbonyl (C=O) groups excluding carboxylic acids is 1. The zero-order valence-corrected chi connectivity index (χ0v) is 13.5. The van der Waals surface area contributed by atoms with Crippen molar-refractivity contribution in [3.05, 3.63) is 30.2 Å². The standard InChI is InChI=1S/C17H18F4N2O2/c18-13-10-12-4-7-23(16(24)17(19,20)21)14(12)11-15(13)25-9-8-22-5-2-1-3-6-22/h4,7,10-11H,1-3,5-6,8-9H2. The van der Waals surface area contributed by atoms with Gasteiger partial charge in [-0.05, 0) is 38.1 Å². The summed E-state index contributed by atoms with van der Waals surface area (Å²) < 4.78 is 57.9. The van der Waals surface area contributed by atoms with E-state index >= 15 is 0 Å². The Balaban J connectivity index is 1.76. The molecule has 0 aliphatic carbocycles. The van der Waals surface area contributed by atoms with Crippen LogP contribution in [-0.2, 0) is 0 Å². The molecular weight excluding hydrogens is 340 g/mol. The molecule has 0 N–H and O–H groups in total. The predicted molar refractivity (Wildman–Crippen MR) is 84.4 cm³/mol. The highest BCUT2D eigenvalue weighted by Gasteiger charge is 2.40. The monoisotopic (exact) mass is 358 g/mol. The summed E-state index contributed by atoms with van der Waals surface area (Å²) in [4.78, 5) is 13.7. The van der Waals surface area contributed by atoms with Gasteiger partial charge in [-0.2, -0.15) is 13.2 Å². The van der Waals surface area contributed by atoms with Crippen molar-refractivity contribution in [1.29, 1.82) is 0 Å². The summed E-state index contributed by atoms with van der Waals surface area (Å²) >= 11 is 0. The van der Waals surface area contributed by atoms with Crippen molar-refractivity contribution in [2.75, 3.05) is 26.2 Å². The van der Waals surface area contributed by atoms with E-state index in [0.717, 1.165) is 44.3 Å². The third-order valence-electron chi connectivity index (χ3n) is 4.32. The number of alkyl halides is 3. The van der Waals surface area contributed by atoms with Crippen LogP contribution in [-0.4, -0.2) is 47.8 Å². The number of likely N-dealkylation sites (tertiary alicyclic amines) is 1. The number of carbonyl (C=O) groups is 1. The zero-order valence-electron chi connectivity index (χ0n) is 13.5. The Morgan fingerprint density at radius 2 is 1.88 bits per heavy atom. The second kappa shape index (κ2) is 7.03. The molecule has 1 fully saturated rings. The average molecular weight is 358 g/mol. The number of halogens is 4. The molecular formula is C17H18F4N2O2. The fourth-order valence-corrected chi connectivity index (χ4v) is 3.03. The first-order chi connectivity index (χ1) is 11.9. The lowest BCUT2D eigenvalue weighted by atomic mass is 10.1. The van der Waals surface area contributed by atoms with E-state index in [0.29, 0.717) is 11.1 Å². The van der Waals surface area contributed by atoms with Gasteiger partial charge in [0, 0.05) is 24.2 Å². The summed E-state index contributed by atoms with van der Waals surface area (Å²) in [5.74, 6) is -2.84. The minimum atomic E-state index is -5.00. The first-order valence-electron chi connectivity index (χ1n) is 8.13. The van der Waals surface area contributed by atoms with Crippen LogP contribution in [0.25, 0.3) is 10.9 Å². The maximum absolute atomic E-state index is 14.1. The molecule has 2 aromatic rings. The van der Waals surface area contributed by atoms with Crippen molar-refractivity contribution in [3.8, 4) is 5.75 Å². The van der Waals surface area contributed by atoms with E-state index in [1.807, 2.05) is 0 Å². The van der Waals surface area contributed by atoms with Crippen LogP contribution in [0.15, 0.2) is 24.4 Å². The molecule has 8 heteroatoms. The molecule has 0 atom stereocenters. The number of hydrogen-bond acceptors (Lipinski definition) is 3. The van der Waals surface area contributed by atoms with Gasteiger partial charge in [-0.1, -0.05) is 6.42 Å². The lowest BCUT2D eigenvalue weighted by Crippen LogP contribution is -2.33. The van der Waals surface area contributed by atoms with Gasteiger partial charge in [0.2, 0.25) is 0 Å². The van der Waals surface area contributed by atoms with Crippen LogP contribution in [0.3, 0.4) is 0 Å². The van der Waals surface area contributed by atoms with Crippen LogP contribution >= 0.6 is 0 Å². The third-order valence-corrected chi connectivity index (χ3v) is 4.32. The molecule has 1 saturated heterocycles. The van der Waals surface area contributed by atoms with Crippen LogP contribution in [0, 0.1) is 5.82 Å². The van der Waals surface area contributed by atoms with Crippen LogP contribution in [0.1, 0.15) is 24.1 Å². The Hall–Kier alpha value is -2.09. The second-order valence-electron chi connectivity index (χ2n) is 6.08. The number of aromatic nitrogens is 1. The molecule has 25 heavy (non-hydrogen) atoms. The number of rotatable bonds is 4. The number of hydrogen-bond donors (Lipinski definition) is 0. The largest absolute Gasteiger partial charge is 0.489 e. The Kier molecular flexibility index (Phi) is 4.99. The van der Waals surface area contributed by atoms with Gasteiger partial charge in [-0.25, -0.2) is 4.39 Å². The van der Waals surface area contributed by atoms with E-state index in [4.69, 9.17) is 4.74 Å². The van der Waals surface area contributed by atoms with Gasteiger partial charge in [0.25, 0.3) is 0 Å². The summed E-state index contributed by atoms with van der Waals surface area (Å²) in [6.45, 7) is 2.79. The zero-order chi connectivity index (χ0) is 18.0. The topological polar surface area (TPSA) is 34.5 Å². The number of nitrogens with zero attached hydrogens (tertiary/aromatic N) is 2. The van der Waals surface area contributed by atoms with Gasteiger partial charge >= 0.3 is 12.1 Å². The first-order valence-corrected chi connectivity index (χ1v) is 8.13. The SMILES string of the molecule is O=C(n1ccc2cc(F)c(OCCN3CCCCC3)cc21)C(F)(F)F. The molecule has 3 rings (SSSR count). The number of fused-ring (bicyclic) bond motifs is 1. The first kappa shape index (κ1) is 17.7. The minimum absolute atomic E-state index is 0.0308. The third kappa shape index (κ3) is 3.95. The molecule has 1 aromatic heterocycles.